The van der Waals surface area contributed by atoms with Crippen molar-refractivity contribution >= 4 is 23.6 Å². The normalized spacial score (nSPS) is 24.2. The number of piperidine rings is 1. The number of aromatic nitrogens is 1. The summed E-state index contributed by atoms with van der Waals surface area (Å²) in [6.45, 7) is 11.4. The molecule has 274 valence electrons. The van der Waals surface area contributed by atoms with Gasteiger partial charge in [-0.3, -0.25) is 19.6 Å². The van der Waals surface area contributed by atoms with Crippen LogP contribution in [0.5, 0.6) is 5.75 Å². The number of benzene rings is 1. The molecule has 4 aliphatic rings. The lowest BCUT2D eigenvalue weighted by molar-refractivity contribution is -0.142. The maximum Gasteiger partial charge on any atom is 0.410 e. The van der Waals surface area contributed by atoms with Crippen LogP contribution in [0.1, 0.15) is 103 Å². The third-order valence-electron chi connectivity index (χ3n) is 11.2. The van der Waals surface area contributed by atoms with Crippen molar-refractivity contribution in [3.63, 3.8) is 0 Å². The van der Waals surface area contributed by atoms with Crippen molar-refractivity contribution < 1.29 is 19.1 Å². The second-order valence-corrected chi connectivity index (χ2v) is 15.3. The molecule has 1 saturated carbocycles. The highest BCUT2D eigenvalue weighted by Crippen LogP contribution is 2.40. The smallest absolute Gasteiger partial charge is 0.410 e. The molecule has 9 heteroatoms. The predicted molar refractivity (Wildman–Crippen MR) is 203 cm³/mol. The van der Waals surface area contributed by atoms with Crippen molar-refractivity contribution in [3.8, 4) is 5.75 Å². The predicted octanol–water partition coefficient (Wildman–Crippen LogP) is 8.87. The number of rotatable bonds is 8. The van der Waals surface area contributed by atoms with E-state index in [2.05, 4.69) is 61.9 Å². The first-order valence-electron chi connectivity index (χ1n) is 19.1. The number of hydrogen-bond donors (Lipinski definition) is 0. The molecule has 3 atom stereocenters. The van der Waals surface area contributed by atoms with Crippen molar-refractivity contribution in [3.05, 3.63) is 93.3 Å². The molecule has 0 radical (unpaired) electrons. The van der Waals surface area contributed by atoms with E-state index >= 15 is 0 Å². The largest absolute Gasteiger partial charge is 0.487 e. The molecule has 51 heavy (non-hydrogen) atoms. The van der Waals surface area contributed by atoms with Crippen LogP contribution in [0.4, 0.5) is 4.79 Å². The summed E-state index contributed by atoms with van der Waals surface area (Å²) in [5, 5.41) is 0.735. The van der Waals surface area contributed by atoms with E-state index < -0.39 is 6.04 Å². The van der Waals surface area contributed by atoms with Crippen molar-refractivity contribution in [1.29, 1.82) is 0 Å². The van der Waals surface area contributed by atoms with E-state index in [4.69, 9.17) is 21.1 Å². The van der Waals surface area contributed by atoms with Crippen LogP contribution in [0.25, 0.3) is 0 Å². The van der Waals surface area contributed by atoms with Crippen LogP contribution in [0, 0.1) is 0 Å². The van der Waals surface area contributed by atoms with Crippen molar-refractivity contribution in [1.82, 2.24) is 19.7 Å². The quantitative estimate of drug-likeness (QED) is 0.255. The Bertz CT molecular complexity index is 1630. The Kier molecular flexibility index (Phi) is 12.6. The number of likely N-dealkylation sites (tertiary alicyclic amines) is 1. The van der Waals surface area contributed by atoms with Gasteiger partial charge in [-0.25, -0.2) is 4.79 Å². The number of carbonyl (C=O) groups excluding carboxylic acids is 2. The lowest BCUT2D eigenvalue weighted by atomic mass is 9.92. The van der Waals surface area contributed by atoms with Gasteiger partial charge in [0, 0.05) is 37.4 Å². The zero-order chi connectivity index (χ0) is 35.9. The molecule has 8 nitrogen and oxygen atoms in total. The molecule has 2 saturated heterocycles. The Morgan fingerprint density at radius 3 is 2.55 bits per heavy atom. The Morgan fingerprint density at radius 2 is 1.78 bits per heavy atom. The number of ether oxygens (including phenoxy) is 2. The Morgan fingerprint density at radius 1 is 0.980 bits per heavy atom. The summed E-state index contributed by atoms with van der Waals surface area (Å²) in [4.78, 5) is 38.9. The monoisotopic (exact) mass is 714 g/mol. The number of carbonyl (C=O) groups is 2. The first-order chi connectivity index (χ1) is 24.7. The lowest BCUT2D eigenvalue weighted by Crippen LogP contribution is -2.63. The van der Waals surface area contributed by atoms with Crippen LogP contribution in [0.2, 0.25) is 5.02 Å². The number of pyridine rings is 1. The van der Waals surface area contributed by atoms with Gasteiger partial charge in [-0.05, 0) is 125 Å². The topological polar surface area (TPSA) is 75.2 Å². The zero-order valence-corrected chi connectivity index (χ0v) is 31.7. The van der Waals surface area contributed by atoms with Gasteiger partial charge in [-0.1, -0.05) is 54.3 Å². The SMILES string of the molecule is CC/C(C)=C/C(C)=C\C1=C(C)C(N2CCN(C(=O)OC3CCCCC3)C(C(=O)N3CCCC(Oc4cccnc4)C3)C2)c2ccc(Cl)cc2CC1. The summed E-state index contributed by atoms with van der Waals surface area (Å²) in [5.41, 5.74) is 7.66. The zero-order valence-electron chi connectivity index (χ0n) is 30.9. The van der Waals surface area contributed by atoms with E-state index in [1.54, 1.807) is 17.3 Å². The summed E-state index contributed by atoms with van der Waals surface area (Å²) < 4.78 is 12.4. The molecule has 2 aliphatic heterocycles. The molecule has 2 amide bonds. The molecule has 6 rings (SSSR count). The molecular weight excluding hydrogens is 660 g/mol. The summed E-state index contributed by atoms with van der Waals surface area (Å²) in [6, 6.07) is 9.28. The van der Waals surface area contributed by atoms with Crippen molar-refractivity contribution in [2.45, 2.75) is 116 Å². The number of hydrogen-bond acceptors (Lipinski definition) is 6. The molecule has 3 heterocycles. The highest BCUT2D eigenvalue weighted by atomic mass is 35.5. The van der Waals surface area contributed by atoms with Crippen molar-refractivity contribution in [2.24, 2.45) is 0 Å². The minimum atomic E-state index is -0.672. The van der Waals surface area contributed by atoms with E-state index in [0.29, 0.717) is 38.5 Å². The van der Waals surface area contributed by atoms with E-state index in [9.17, 15) is 9.59 Å². The van der Waals surface area contributed by atoms with Gasteiger partial charge < -0.3 is 14.4 Å². The molecule has 3 fully saturated rings. The maximum absolute atomic E-state index is 14.7. The van der Waals surface area contributed by atoms with Gasteiger partial charge in [0.15, 0.2) is 0 Å². The highest BCUT2D eigenvalue weighted by Gasteiger charge is 2.43. The second-order valence-electron chi connectivity index (χ2n) is 14.9. The van der Waals surface area contributed by atoms with E-state index in [1.165, 1.54) is 39.8 Å². The maximum atomic E-state index is 14.7. The average molecular weight is 715 g/mol. The van der Waals surface area contributed by atoms with E-state index in [-0.39, 0.29) is 30.3 Å². The molecule has 3 unspecified atom stereocenters. The molecule has 2 aliphatic carbocycles. The highest BCUT2D eigenvalue weighted by molar-refractivity contribution is 6.30. The summed E-state index contributed by atoms with van der Waals surface area (Å²) in [6.07, 6.45) is 17.1. The standard InChI is InChI=1S/C42H55ClN4O4/c1-5-29(2)23-30(3)24-32-15-16-33-25-34(43)17-18-38(33)40(31(32)4)45-21-22-47(42(49)51-35-11-7-6-8-12-35)39(28-45)41(48)46-20-10-14-37(27-46)50-36-13-9-19-44-26-36/h9,13,17-19,23-26,35,37,39-40H,5-8,10-12,14-16,20-22,27-28H2,1-4H3/b29-23+,30-24-. The Balaban J connectivity index is 1.31. The van der Waals surface area contributed by atoms with Gasteiger partial charge in [0.05, 0.1) is 18.8 Å². The molecule has 1 aromatic heterocycles. The molecule has 2 aromatic rings. The van der Waals surface area contributed by atoms with Gasteiger partial charge in [0.1, 0.15) is 24.0 Å². The van der Waals surface area contributed by atoms with Crippen LogP contribution in [0.3, 0.4) is 0 Å². The van der Waals surface area contributed by atoms with Gasteiger partial charge >= 0.3 is 6.09 Å². The molecular formula is C42H55ClN4O4. The summed E-state index contributed by atoms with van der Waals surface area (Å²) in [5.74, 6) is 0.663. The first kappa shape index (κ1) is 37.1. The third-order valence-corrected chi connectivity index (χ3v) is 11.4. The molecule has 1 aromatic carbocycles. The lowest BCUT2D eigenvalue weighted by Gasteiger charge is -2.46. The van der Waals surface area contributed by atoms with Gasteiger partial charge in [0.25, 0.3) is 0 Å². The third kappa shape index (κ3) is 9.25. The van der Waals surface area contributed by atoms with E-state index in [1.807, 2.05) is 23.1 Å². The molecule has 0 N–H and O–H groups in total. The number of piperazine rings is 1. The number of fused-ring (bicyclic) bond motifs is 1. The fraction of sp³-hybridized carbons (Fsp3) is 0.548. The van der Waals surface area contributed by atoms with Crippen LogP contribution in [-0.2, 0) is 16.0 Å². The minimum Gasteiger partial charge on any atom is -0.487 e. The summed E-state index contributed by atoms with van der Waals surface area (Å²) >= 11 is 6.57. The fourth-order valence-corrected chi connectivity index (χ4v) is 8.51. The first-order valence-corrected chi connectivity index (χ1v) is 19.5. The van der Waals surface area contributed by atoms with Crippen LogP contribution >= 0.6 is 11.6 Å². The number of nitrogens with zero attached hydrogens (tertiary/aromatic N) is 4. The number of aryl methyl sites for hydroxylation is 1. The van der Waals surface area contributed by atoms with Crippen LogP contribution < -0.4 is 4.74 Å². The van der Waals surface area contributed by atoms with Gasteiger partial charge in [-0.2, -0.15) is 0 Å². The molecule has 0 spiro atoms. The second kappa shape index (κ2) is 17.3. The average Bonchev–Trinajstić information content (AvgIpc) is 3.27. The minimum absolute atomic E-state index is 0.0393. The summed E-state index contributed by atoms with van der Waals surface area (Å²) in [7, 11) is 0. The van der Waals surface area contributed by atoms with Crippen molar-refractivity contribution in [2.75, 3.05) is 32.7 Å². The Labute approximate surface area is 309 Å². The van der Waals surface area contributed by atoms with Gasteiger partial charge in [0.2, 0.25) is 5.91 Å². The number of halogens is 1. The van der Waals surface area contributed by atoms with E-state index in [0.717, 1.165) is 62.8 Å². The number of amides is 2. The van der Waals surface area contributed by atoms with Crippen LogP contribution in [0.15, 0.2) is 77.2 Å². The number of allylic oxidation sites excluding steroid dienone is 5. The van der Waals surface area contributed by atoms with Gasteiger partial charge in [-0.15, -0.1) is 0 Å². The van der Waals surface area contributed by atoms with Crippen LogP contribution in [-0.4, -0.2) is 82.7 Å². The fourth-order valence-electron chi connectivity index (χ4n) is 8.31. The molecule has 0 bridgehead atoms. The Hall–Kier alpha value is -3.62.